The van der Waals surface area contributed by atoms with Crippen molar-refractivity contribution in [1.29, 1.82) is 0 Å². The largest absolute Gasteiger partial charge is 1.00 e. The Kier molecular flexibility index (Phi) is 36.7. The van der Waals surface area contributed by atoms with Gasteiger partial charge >= 0.3 is 66.9 Å². The van der Waals surface area contributed by atoms with Crippen molar-refractivity contribution in [2.75, 3.05) is 6.61 Å². The predicted octanol–water partition coefficient (Wildman–Crippen LogP) is -0.192. The Balaban J connectivity index is -0.000000200. The third kappa shape index (κ3) is 32.4. The summed E-state index contributed by atoms with van der Waals surface area (Å²) in [6, 6.07) is 0. The van der Waals surface area contributed by atoms with Gasteiger partial charge in [-0.25, -0.2) is 4.57 Å². The van der Waals surface area contributed by atoms with Crippen LogP contribution in [0.3, 0.4) is 0 Å². The van der Waals surface area contributed by atoms with Crippen LogP contribution < -0.4 is 59.1 Å². The molecular weight excluding hydrogens is 399 g/mol. The Labute approximate surface area is 209 Å². The number of unbranched alkanes of at least 4 members (excludes halogenated alkanes) is 13. The van der Waals surface area contributed by atoms with Gasteiger partial charge in [-0.05, 0) is 6.42 Å². The van der Waals surface area contributed by atoms with Gasteiger partial charge in [-0.3, -0.25) is 4.52 Å². The average molecular weight is 436 g/mol. The molecule has 0 aromatic rings. The van der Waals surface area contributed by atoms with Crippen LogP contribution in [0.25, 0.3) is 0 Å². The van der Waals surface area contributed by atoms with Gasteiger partial charge in [0.1, 0.15) is 0 Å². The van der Waals surface area contributed by atoms with E-state index in [2.05, 4.69) is 11.4 Å². The molecule has 0 radical (unpaired) electrons. The van der Waals surface area contributed by atoms with E-state index in [0.29, 0.717) is 0 Å². The van der Waals surface area contributed by atoms with Gasteiger partial charge in [0.2, 0.25) is 0 Å². The van der Waals surface area contributed by atoms with Gasteiger partial charge in [0.05, 0.1) is 6.61 Å². The maximum absolute atomic E-state index is 10.4. The molecule has 0 unspecified atom stereocenters. The molecule has 0 aliphatic rings. The minimum Gasteiger partial charge on any atom is -1.00 e. The van der Waals surface area contributed by atoms with Crippen LogP contribution in [0.4, 0.5) is 0 Å². The van der Waals surface area contributed by atoms with E-state index in [-0.39, 0.29) is 88.1 Å². The first-order valence-electron chi connectivity index (χ1n) is 8.76. The molecule has 0 spiro atoms. The summed E-state index contributed by atoms with van der Waals surface area (Å²) in [6.07, 6.45) is 17.8. The standard InChI is InChI=1S/C16H35O4P.2Na.Zn.2H/c1-2-3-4-5-6-7-8-9-10-11-12-13-14-15-16-20-21(17,18)19;;;;;/h2-16H2,1H3,(H2,17,18,19);;;;;/q;2*+1;;2*-1. The fourth-order valence-corrected chi connectivity index (χ4v) is 2.85. The van der Waals surface area contributed by atoms with E-state index in [0.717, 1.165) is 19.3 Å². The number of hydrogen-bond donors (Lipinski definition) is 2. The summed E-state index contributed by atoms with van der Waals surface area (Å²) < 4.78 is 14.8. The fraction of sp³-hybridized carbons (Fsp3) is 1.00. The van der Waals surface area contributed by atoms with Gasteiger partial charge in [-0.15, -0.1) is 0 Å². The van der Waals surface area contributed by atoms with Crippen LogP contribution in [0.1, 0.15) is 99.7 Å². The Morgan fingerprint density at radius 1 is 0.708 bits per heavy atom. The molecular formula is C16H37Na2O4PZn. The fourth-order valence-electron chi connectivity index (χ4n) is 2.48. The summed E-state index contributed by atoms with van der Waals surface area (Å²) >= 11 is 0. The molecule has 4 nitrogen and oxygen atoms in total. The van der Waals surface area contributed by atoms with Crippen LogP contribution in [-0.4, -0.2) is 16.4 Å². The van der Waals surface area contributed by atoms with Crippen molar-refractivity contribution >= 4 is 7.82 Å². The van der Waals surface area contributed by atoms with E-state index >= 15 is 0 Å². The molecule has 0 saturated carbocycles. The van der Waals surface area contributed by atoms with Crippen LogP contribution in [0, 0.1) is 0 Å². The second kappa shape index (κ2) is 25.7. The van der Waals surface area contributed by atoms with Crippen molar-refractivity contribution in [3.8, 4) is 0 Å². The molecule has 0 saturated heterocycles. The summed E-state index contributed by atoms with van der Waals surface area (Å²) in [5, 5.41) is 0. The molecule has 2 N–H and O–H groups in total. The average Bonchev–Trinajstić information content (AvgIpc) is 2.42. The molecule has 0 bridgehead atoms. The minimum atomic E-state index is -4.25. The molecule has 0 aromatic heterocycles. The SMILES string of the molecule is CCCCCCCCCCCCCCCCOP(=O)(O)O.[H-].[H-].[Na+].[Na+].[Zn]. The summed E-state index contributed by atoms with van der Waals surface area (Å²) in [5.74, 6) is 0. The van der Waals surface area contributed by atoms with Gasteiger partial charge in [0, 0.05) is 19.5 Å². The first-order valence-corrected chi connectivity index (χ1v) is 10.3. The Morgan fingerprint density at radius 3 is 1.29 bits per heavy atom. The van der Waals surface area contributed by atoms with Crippen LogP contribution in [0.2, 0.25) is 0 Å². The van der Waals surface area contributed by atoms with Crippen LogP contribution in [0.15, 0.2) is 0 Å². The number of phosphoric ester groups is 1. The van der Waals surface area contributed by atoms with Crippen molar-refractivity contribution in [2.45, 2.75) is 96.8 Å². The van der Waals surface area contributed by atoms with Gasteiger partial charge < -0.3 is 12.6 Å². The Bertz CT molecular complexity index is 279. The van der Waals surface area contributed by atoms with Crippen molar-refractivity contribution in [1.82, 2.24) is 0 Å². The van der Waals surface area contributed by atoms with E-state index in [9.17, 15) is 4.57 Å². The first-order chi connectivity index (χ1) is 10.1. The topological polar surface area (TPSA) is 66.8 Å². The van der Waals surface area contributed by atoms with E-state index in [1.165, 1.54) is 70.6 Å². The molecule has 0 aromatic carbocycles. The third-order valence-corrected chi connectivity index (χ3v) is 4.28. The smallest absolute Gasteiger partial charge is 1.00 e. The molecule has 0 fully saturated rings. The van der Waals surface area contributed by atoms with Crippen LogP contribution in [0.5, 0.6) is 0 Å². The predicted molar refractivity (Wildman–Crippen MR) is 90.5 cm³/mol. The zero-order valence-electron chi connectivity index (χ0n) is 18.5. The number of hydrogen-bond acceptors (Lipinski definition) is 2. The summed E-state index contributed by atoms with van der Waals surface area (Å²) in [5.41, 5.74) is 0. The van der Waals surface area contributed by atoms with Crippen LogP contribution in [-0.2, 0) is 28.6 Å². The van der Waals surface area contributed by atoms with Crippen molar-refractivity contribution in [2.24, 2.45) is 0 Å². The van der Waals surface area contributed by atoms with Gasteiger partial charge in [0.25, 0.3) is 0 Å². The molecule has 8 heteroatoms. The van der Waals surface area contributed by atoms with E-state index < -0.39 is 7.82 Å². The van der Waals surface area contributed by atoms with E-state index in [4.69, 9.17) is 9.79 Å². The van der Waals surface area contributed by atoms with Gasteiger partial charge in [0.15, 0.2) is 0 Å². The molecule has 0 aliphatic carbocycles. The first kappa shape index (κ1) is 34.3. The summed E-state index contributed by atoms with van der Waals surface area (Å²) in [7, 11) is -4.25. The normalized spacial score (nSPS) is 10.5. The second-order valence-corrected chi connectivity index (χ2v) is 7.16. The van der Waals surface area contributed by atoms with Gasteiger partial charge in [-0.1, -0.05) is 90.4 Å². The zero-order chi connectivity index (χ0) is 15.8. The van der Waals surface area contributed by atoms with Crippen molar-refractivity contribution in [3.63, 3.8) is 0 Å². The molecule has 24 heavy (non-hydrogen) atoms. The second-order valence-electron chi connectivity index (χ2n) is 5.92. The quantitative estimate of drug-likeness (QED) is 0.200. The summed E-state index contributed by atoms with van der Waals surface area (Å²) in [6.45, 7) is 2.42. The maximum Gasteiger partial charge on any atom is 1.00 e. The molecule has 0 heterocycles. The number of phosphoric acid groups is 1. The number of rotatable bonds is 16. The van der Waals surface area contributed by atoms with Gasteiger partial charge in [-0.2, -0.15) is 0 Å². The van der Waals surface area contributed by atoms with Crippen LogP contribution >= 0.6 is 7.82 Å². The third-order valence-electron chi connectivity index (χ3n) is 3.76. The molecule has 0 atom stereocenters. The monoisotopic (exact) mass is 434 g/mol. The Morgan fingerprint density at radius 2 is 1.00 bits per heavy atom. The molecule has 134 valence electrons. The molecule has 0 rings (SSSR count). The van der Waals surface area contributed by atoms with Crippen molar-refractivity contribution in [3.05, 3.63) is 0 Å². The van der Waals surface area contributed by atoms with Crippen molar-refractivity contribution < 1.29 is 100 Å². The summed E-state index contributed by atoms with van der Waals surface area (Å²) in [4.78, 5) is 17.0. The molecule has 0 aliphatic heterocycles. The Hall–Kier alpha value is 2.73. The molecule has 0 amide bonds. The minimum absolute atomic E-state index is 0. The maximum atomic E-state index is 10.4. The van der Waals surface area contributed by atoms with E-state index in [1.807, 2.05) is 0 Å². The zero-order valence-corrected chi connectivity index (χ0v) is 24.3. The van der Waals surface area contributed by atoms with E-state index in [1.54, 1.807) is 0 Å².